The van der Waals surface area contributed by atoms with Crippen LogP contribution in [0.5, 0.6) is 0 Å². The molecule has 6 heavy (non-hydrogen) atoms. The number of hydrogen-bond donors (Lipinski definition) is 0. The predicted octanol–water partition coefficient (Wildman–Crippen LogP) is -6.01. The fraction of sp³-hybridized carbons (Fsp3) is 1.00. The molecule has 0 unspecified atom stereocenters. The standard InChI is InChI=1S/2CH3.2ClH.H3Si.Zr/h2*1H3;2*1H;1H3;/q;;;;;+2/p-2. The van der Waals surface area contributed by atoms with E-state index in [2.05, 4.69) is 9.26 Å². The first-order valence-electron chi connectivity index (χ1n) is 1.50. The molecule has 4 heteroatoms. The Bertz CT molecular complexity index is 16.3. The number of hydrogen-bond acceptors (Lipinski definition) is 0. The van der Waals surface area contributed by atoms with E-state index in [1.165, 1.54) is 0 Å². The summed E-state index contributed by atoms with van der Waals surface area (Å²) >= 11 is -0.404. The third-order valence-corrected chi connectivity index (χ3v) is 0. The summed E-state index contributed by atoms with van der Waals surface area (Å²) in [5.74, 6) is 0. The molecule has 0 atom stereocenters. The molecule has 0 nitrogen and oxygen atoms in total. The Balaban J connectivity index is -0.0000000450. The van der Waals surface area contributed by atoms with E-state index in [1.54, 1.807) is 7.37 Å². The second-order valence-corrected chi connectivity index (χ2v) is 20.7. The minimum atomic E-state index is -0.404. The summed E-state index contributed by atoms with van der Waals surface area (Å²) in [7, 11) is 1.55. The van der Waals surface area contributed by atoms with Crippen LogP contribution in [0.1, 0.15) is 0 Å². The van der Waals surface area contributed by atoms with Crippen molar-refractivity contribution in [2.45, 2.75) is 9.26 Å². The normalized spacial score (nSPS) is 5.00. The fourth-order valence-corrected chi connectivity index (χ4v) is 0. The van der Waals surface area contributed by atoms with Crippen LogP contribution in [0.4, 0.5) is 0 Å². The SMILES string of the molecule is [CH3][Zr+2]([CH3])[SiH3].[Cl-].[Cl-]. The van der Waals surface area contributed by atoms with Gasteiger partial charge < -0.3 is 24.8 Å². The molecule has 0 radical (unpaired) electrons. The Morgan fingerprint density at radius 2 is 1.17 bits per heavy atom. The molecule has 0 fully saturated rings. The molecule has 0 saturated heterocycles. The van der Waals surface area contributed by atoms with Gasteiger partial charge in [0.1, 0.15) is 0 Å². The van der Waals surface area contributed by atoms with Crippen LogP contribution in [-0.4, -0.2) is 7.37 Å². The van der Waals surface area contributed by atoms with Gasteiger partial charge in [0.25, 0.3) is 0 Å². The second-order valence-electron chi connectivity index (χ2n) is 1.50. The fourth-order valence-electron chi connectivity index (χ4n) is 0. The first-order chi connectivity index (χ1) is 1.73. The third-order valence-electron chi connectivity index (χ3n) is 0. The summed E-state index contributed by atoms with van der Waals surface area (Å²) in [6, 6.07) is 0. The van der Waals surface area contributed by atoms with Gasteiger partial charge in [0, 0.05) is 0 Å². The topological polar surface area (TPSA) is 0 Å². The second kappa shape index (κ2) is 9.84. The first kappa shape index (κ1) is 15.6. The van der Waals surface area contributed by atoms with Crippen LogP contribution in [0.3, 0.4) is 0 Å². The summed E-state index contributed by atoms with van der Waals surface area (Å²) in [4.78, 5) is 0. The maximum atomic E-state index is 2.43. The minimum Gasteiger partial charge on any atom is -1.00 e. The van der Waals surface area contributed by atoms with Gasteiger partial charge in [-0.05, 0) is 0 Å². The first-order valence-corrected chi connectivity index (χ1v) is 14.8. The Morgan fingerprint density at radius 1 is 1.17 bits per heavy atom. The molecule has 0 aromatic heterocycles. The van der Waals surface area contributed by atoms with Crippen molar-refractivity contribution in [2.24, 2.45) is 0 Å². The molecule has 0 N–H and O–H groups in total. The molecule has 0 aliphatic heterocycles. The Hall–Kier alpha value is 1.68. The van der Waals surface area contributed by atoms with Crippen molar-refractivity contribution in [1.82, 2.24) is 0 Å². The molecule has 0 bridgehead atoms. The van der Waals surface area contributed by atoms with E-state index >= 15 is 0 Å². The zero-order valence-electron chi connectivity index (χ0n) is 4.26. The van der Waals surface area contributed by atoms with Crippen molar-refractivity contribution in [3.05, 3.63) is 0 Å². The van der Waals surface area contributed by atoms with Gasteiger partial charge in [-0.1, -0.05) is 0 Å². The van der Waals surface area contributed by atoms with E-state index in [0.29, 0.717) is 0 Å². The molecule has 0 aromatic carbocycles. The van der Waals surface area contributed by atoms with E-state index in [9.17, 15) is 0 Å². The largest absolute Gasteiger partial charge is 1.00 e. The molecule has 0 heterocycles. The smallest absolute Gasteiger partial charge is 1.00 e. The molecule has 0 saturated carbocycles. The van der Waals surface area contributed by atoms with Crippen LogP contribution >= 0.6 is 0 Å². The maximum Gasteiger partial charge on any atom is -1.00 e. The Labute approximate surface area is 62.0 Å². The van der Waals surface area contributed by atoms with E-state index < -0.39 is 20.9 Å². The van der Waals surface area contributed by atoms with Gasteiger partial charge >= 0.3 is 37.5 Å². The molecule has 0 aliphatic rings. The van der Waals surface area contributed by atoms with E-state index in [1.807, 2.05) is 0 Å². The van der Waals surface area contributed by atoms with Gasteiger partial charge in [0.05, 0.1) is 0 Å². The molecule has 0 aliphatic carbocycles. The van der Waals surface area contributed by atoms with Crippen LogP contribution in [0, 0.1) is 0 Å². The molecular formula is C2H9Cl2SiZr. The molecule has 39 valence electrons. The maximum absolute atomic E-state index is 2.43. The van der Waals surface area contributed by atoms with Crippen molar-refractivity contribution < 1.29 is 45.7 Å². The van der Waals surface area contributed by atoms with E-state index in [-0.39, 0.29) is 24.8 Å². The van der Waals surface area contributed by atoms with Crippen LogP contribution in [0.2, 0.25) is 9.26 Å². The van der Waals surface area contributed by atoms with Gasteiger partial charge in [-0.2, -0.15) is 0 Å². The molecule has 0 spiro atoms. The molecule has 0 amide bonds. The monoisotopic (exact) mass is 221 g/mol. The van der Waals surface area contributed by atoms with Crippen LogP contribution in [-0.2, 0) is 20.9 Å². The van der Waals surface area contributed by atoms with Gasteiger partial charge in [0.15, 0.2) is 0 Å². The van der Waals surface area contributed by atoms with E-state index in [0.717, 1.165) is 0 Å². The van der Waals surface area contributed by atoms with Gasteiger partial charge in [-0.3, -0.25) is 0 Å². The van der Waals surface area contributed by atoms with Crippen LogP contribution in [0.25, 0.3) is 0 Å². The summed E-state index contributed by atoms with van der Waals surface area (Å²) in [5.41, 5.74) is 0. The molecular weight excluding hydrogens is 214 g/mol. The third kappa shape index (κ3) is 44.1. The zero-order chi connectivity index (χ0) is 3.58. The van der Waals surface area contributed by atoms with Gasteiger partial charge in [0.2, 0.25) is 0 Å². The van der Waals surface area contributed by atoms with E-state index in [4.69, 9.17) is 0 Å². The number of rotatable bonds is 0. The summed E-state index contributed by atoms with van der Waals surface area (Å²) in [5, 5.41) is 0. The van der Waals surface area contributed by atoms with Crippen molar-refractivity contribution in [1.29, 1.82) is 0 Å². The quantitative estimate of drug-likeness (QED) is 0.359. The van der Waals surface area contributed by atoms with Crippen LogP contribution in [0.15, 0.2) is 0 Å². The summed E-state index contributed by atoms with van der Waals surface area (Å²) in [6.07, 6.45) is 0. The van der Waals surface area contributed by atoms with Crippen molar-refractivity contribution in [3.63, 3.8) is 0 Å². The zero-order valence-corrected chi connectivity index (χ0v) is 10.2. The van der Waals surface area contributed by atoms with Gasteiger partial charge in [-0.15, -0.1) is 0 Å². The number of halogens is 2. The van der Waals surface area contributed by atoms with Crippen LogP contribution < -0.4 is 24.8 Å². The Morgan fingerprint density at radius 3 is 1.17 bits per heavy atom. The van der Waals surface area contributed by atoms with Crippen molar-refractivity contribution >= 4 is 7.37 Å². The summed E-state index contributed by atoms with van der Waals surface area (Å²) in [6.45, 7) is 0. The molecule has 0 rings (SSSR count). The Kier molecular flexibility index (Phi) is 25.7. The van der Waals surface area contributed by atoms with Gasteiger partial charge in [-0.25, -0.2) is 0 Å². The average Bonchev–Trinajstić information content (AvgIpc) is 0.811. The van der Waals surface area contributed by atoms with Crippen molar-refractivity contribution in [2.75, 3.05) is 0 Å². The minimum absolute atomic E-state index is 0. The molecule has 0 aromatic rings. The average molecular weight is 223 g/mol. The van der Waals surface area contributed by atoms with Crippen molar-refractivity contribution in [3.8, 4) is 0 Å². The summed E-state index contributed by atoms with van der Waals surface area (Å²) < 4.78 is 4.85. The predicted molar refractivity (Wildman–Crippen MR) is 21.7 cm³/mol.